The molecule has 0 aromatic heterocycles. The van der Waals surface area contributed by atoms with Crippen LogP contribution in [0.1, 0.15) is 13.8 Å². The first-order chi connectivity index (χ1) is 3.68. The van der Waals surface area contributed by atoms with E-state index in [-0.39, 0.29) is 11.8 Å². The molecule has 0 spiro atoms. The van der Waals surface area contributed by atoms with Gasteiger partial charge in [0, 0.05) is 5.92 Å². The molecule has 0 aliphatic rings. The fourth-order valence-electron chi connectivity index (χ4n) is 0.184. The summed E-state index contributed by atoms with van der Waals surface area (Å²) in [5, 5.41) is 2.71. The molecular weight excluding hydrogens is 106 g/mol. The van der Waals surface area contributed by atoms with Crippen molar-refractivity contribution in [3.8, 4) is 0 Å². The number of hydrogen-bond donors (Lipinski definition) is 2. The number of carbonyl (C=O) groups is 1. The minimum Gasteiger partial charge on any atom is -0.273 e. The van der Waals surface area contributed by atoms with Crippen LogP contribution in [0.3, 0.4) is 0 Å². The minimum atomic E-state index is -0.222. The summed E-state index contributed by atoms with van der Waals surface area (Å²) in [6.07, 6.45) is 0. The summed E-state index contributed by atoms with van der Waals surface area (Å²) < 4.78 is 0. The van der Waals surface area contributed by atoms with Crippen LogP contribution >= 0.6 is 0 Å². The van der Waals surface area contributed by atoms with Gasteiger partial charge in [-0.3, -0.25) is 4.79 Å². The molecule has 0 atom stereocenters. The van der Waals surface area contributed by atoms with E-state index >= 15 is 0 Å². The minimum absolute atomic E-state index is 0.0934. The number of amides is 1. The zero-order chi connectivity index (χ0) is 6.57. The molecule has 0 saturated heterocycles. The van der Waals surface area contributed by atoms with Crippen molar-refractivity contribution in [2.75, 3.05) is 0 Å². The van der Waals surface area contributed by atoms with Crippen molar-refractivity contribution < 1.29 is 4.79 Å². The predicted molar refractivity (Wildman–Crippen MR) is 28.1 cm³/mol. The fraction of sp³-hybridized carbons (Fsp3) is 0.750. The third-order valence-electron chi connectivity index (χ3n) is 0.690. The van der Waals surface area contributed by atoms with Crippen molar-refractivity contribution in [1.29, 1.82) is 5.53 Å². The number of nitrogens with zero attached hydrogens (tertiary/aromatic N) is 1. The lowest BCUT2D eigenvalue weighted by atomic mass is 10.2. The lowest BCUT2D eigenvalue weighted by Crippen LogP contribution is -2.21. The van der Waals surface area contributed by atoms with Gasteiger partial charge in [0.2, 0.25) is 5.91 Å². The third kappa shape index (κ3) is 2.28. The van der Waals surface area contributed by atoms with E-state index in [0.717, 1.165) is 0 Å². The first-order valence-electron chi connectivity index (χ1n) is 2.34. The van der Waals surface area contributed by atoms with Gasteiger partial charge in [0.1, 0.15) is 0 Å². The molecule has 0 unspecified atom stereocenters. The molecule has 0 aliphatic carbocycles. The van der Waals surface area contributed by atoms with E-state index in [1.807, 2.05) is 5.43 Å². The lowest BCUT2D eigenvalue weighted by Gasteiger charge is -1.97. The zero-order valence-corrected chi connectivity index (χ0v) is 4.93. The van der Waals surface area contributed by atoms with Crippen LogP contribution in [-0.4, -0.2) is 5.91 Å². The third-order valence-corrected chi connectivity index (χ3v) is 0.690. The Balaban J connectivity index is 3.48. The summed E-state index contributed by atoms with van der Waals surface area (Å²) >= 11 is 0. The molecule has 1 amide bonds. The van der Waals surface area contributed by atoms with Crippen LogP contribution in [0.5, 0.6) is 0 Å². The van der Waals surface area contributed by atoms with Crippen molar-refractivity contribution in [2.24, 2.45) is 11.1 Å². The summed E-state index contributed by atoms with van der Waals surface area (Å²) in [6, 6.07) is 0. The quantitative estimate of drug-likeness (QED) is 0.404. The molecule has 0 fully saturated rings. The van der Waals surface area contributed by atoms with Gasteiger partial charge in [-0.15, -0.1) is 0 Å². The number of carbonyl (C=O) groups excluding carboxylic acids is 1. The highest BCUT2D eigenvalue weighted by molar-refractivity contribution is 5.77. The van der Waals surface area contributed by atoms with Gasteiger partial charge in [-0.05, 0) is 0 Å². The highest BCUT2D eigenvalue weighted by atomic mass is 16.2. The second kappa shape index (κ2) is 3.12. The smallest absolute Gasteiger partial charge is 0.243 e. The second-order valence-corrected chi connectivity index (χ2v) is 1.74. The largest absolute Gasteiger partial charge is 0.273 e. The van der Waals surface area contributed by atoms with Crippen molar-refractivity contribution >= 4 is 5.91 Å². The van der Waals surface area contributed by atoms with Gasteiger partial charge < -0.3 is 0 Å². The van der Waals surface area contributed by atoms with Crippen LogP contribution in [0.4, 0.5) is 0 Å². The Labute approximate surface area is 47.8 Å². The van der Waals surface area contributed by atoms with Gasteiger partial charge in [0.25, 0.3) is 0 Å². The maximum atomic E-state index is 10.4. The Morgan fingerprint density at radius 1 is 1.75 bits per heavy atom. The first-order valence-corrected chi connectivity index (χ1v) is 2.34. The number of rotatable bonds is 2. The van der Waals surface area contributed by atoms with E-state index < -0.39 is 0 Å². The molecule has 0 aliphatic heterocycles. The first kappa shape index (κ1) is 7.07. The Morgan fingerprint density at radius 3 is 2.38 bits per heavy atom. The van der Waals surface area contributed by atoms with Crippen LogP contribution in [-0.2, 0) is 4.79 Å². The zero-order valence-electron chi connectivity index (χ0n) is 4.93. The molecular formula is C4H9N3O. The summed E-state index contributed by atoms with van der Waals surface area (Å²) in [5.41, 5.74) is 8.22. The van der Waals surface area contributed by atoms with Gasteiger partial charge in [0.15, 0.2) is 0 Å². The van der Waals surface area contributed by atoms with Gasteiger partial charge in [-0.1, -0.05) is 19.1 Å². The highest BCUT2D eigenvalue weighted by Crippen LogP contribution is 1.88. The Morgan fingerprint density at radius 2 is 2.25 bits per heavy atom. The Hall–Kier alpha value is -0.930. The Bertz CT molecular complexity index is 99.5. The van der Waals surface area contributed by atoms with E-state index in [0.29, 0.717) is 0 Å². The van der Waals surface area contributed by atoms with Crippen molar-refractivity contribution in [3.63, 3.8) is 0 Å². The van der Waals surface area contributed by atoms with E-state index in [1.54, 1.807) is 13.8 Å². The molecule has 46 valence electrons. The van der Waals surface area contributed by atoms with E-state index in [2.05, 4.69) is 5.22 Å². The van der Waals surface area contributed by atoms with Crippen molar-refractivity contribution in [1.82, 2.24) is 5.43 Å². The molecule has 2 N–H and O–H groups in total. The molecule has 0 radical (unpaired) electrons. The van der Waals surface area contributed by atoms with Crippen molar-refractivity contribution in [3.05, 3.63) is 0 Å². The number of nitrogens with one attached hydrogen (secondary N) is 2. The van der Waals surface area contributed by atoms with Gasteiger partial charge in [-0.2, -0.15) is 5.53 Å². The fourth-order valence-corrected chi connectivity index (χ4v) is 0.184. The van der Waals surface area contributed by atoms with Gasteiger partial charge >= 0.3 is 0 Å². The van der Waals surface area contributed by atoms with E-state index in [1.165, 1.54) is 0 Å². The summed E-state index contributed by atoms with van der Waals surface area (Å²) in [5.74, 6) is -0.316. The molecule has 0 heterocycles. The molecule has 4 heteroatoms. The molecule has 0 aromatic carbocycles. The summed E-state index contributed by atoms with van der Waals surface area (Å²) in [4.78, 5) is 10.4. The highest BCUT2D eigenvalue weighted by Gasteiger charge is 2.02. The van der Waals surface area contributed by atoms with Crippen LogP contribution < -0.4 is 5.43 Å². The van der Waals surface area contributed by atoms with Crippen molar-refractivity contribution in [2.45, 2.75) is 13.8 Å². The van der Waals surface area contributed by atoms with Crippen LogP contribution in [0.2, 0.25) is 0 Å². The average Bonchev–Trinajstić information content (AvgIpc) is 1.67. The standard InChI is InChI=1S/C4H9N3O/c1-3(2)4(8)6-7-5/h3H,1-2H3,(H2,5,6,8). The SMILES string of the molecule is CC(C)C(=O)NN=N. The molecule has 0 bridgehead atoms. The molecule has 0 rings (SSSR count). The maximum Gasteiger partial charge on any atom is 0.243 e. The Kier molecular flexibility index (Phi) is 2.76. The topological polar surface area (TPSA) is 65.3 Å². The van der Waals surface area contributed by atoms with E-state index in [9.17, 15) is 4.79 Å². The summed E-state index contributed by atoms with van der Waals surface area (Å²) in [7, 11) is 0. The molecule has 4 nitrogen and oxygen atoms in total. The van der Waals surface area contributed by atoms with Crippen LogP contribution in [0, 0.1) is 11.4 Å². The normalized spacial score (nSPS) is 8.88. The van der Waals surface area contributed by atoms with Crippen LogP contribution in [0.25, 0.3) is 0 Å². The maximum absolute atomic E-state index is 10.4. The van der Waals surface area contributed by atoms with E-state index in [4.69, 9.17) is 5.53 Å². The second-order valence-electron chi connectivity index (χ2n) is 1.74. The monoisotopic (exact) mass is 115 g/mol. The molecule has 8 heavy (non-hydrogen) atoms. The molecule has 0 saturated carbocycles. The summed E-state index contributed by atoms with van der Waals surface area (Å²) in [6.45, 7) is 3.47. The predicted octanol–water partition coefficient (Wildman–Crippen LogP) is 0.705. The van der Waals surface area contributed by atoms with Gasteiger partial charge in [-0.25, -0.2) is 5.43 Å². The van der Waals surface area contributed by atoms with Crippen LogP contribution in [0.15, 0.2) is 5.22 Å². The lowest BCUT2D eigenvalue weighted by molar-refractivity contribution is -0.124. The number of hydrogen-bond acceptors (Lipinski definition) is 3. The average molecular weight is 115 g/mol. The molecule has 0 aromatic rings. The van der Waals surface area contributed by atoms with Gasteiger partial charge in [0.05, 0.1) is 0 Å².